The molecule has 0 radical (unpaired) electrons. The van der Waals surface area contributed by atoms with Crippen LogP contribution >= 0.6 is 11.3 Å². The standard InChI is InChI=1S/C19H20N8S/c1-2-11-5-12(24-17-21-8-13(7-20)28-17)6-14(11)16-26-25-15-9-23-19-10-18(19,27(15)16)3-4-22-19/h3-4,8-9,11-12,14,22H,2,5-6,10H2,1H3,(H,21,24)/t11-,12+,14+,18?,19?/m1/s1. The minimum absolute atomic E-state index is 0.128. The van der Waals surface area contributed by atoms with Crippen LogP contribution < -0.4 is 10.6 Å². The summed E-state index contributed by atoms with van der Waals surface area (Å²) in [5.41, 5.74) is -0.347. The van der Waals surface area contributed by atoms with Crippen LogP contribution in [0.2, 0.25) is 0 Å². The van der Waals surface area contributed by atoms with E-state index in [0.717, 1.165) is 42.5 Å². The van der Waals surface area contributed by atoms with Crippen molar-refractivity contribution in [1.29, 1.82) is 5.26 Å². The van der Waals surface area contributed by atoms with Crippen molar-refractivity contribution in [2.45, 2.75) is 55.8 Å². The van der Waals surface area contributed by atoms with Gasteiger partial charge < -0.3 is 10.6 Å². The molecule has 4 aliphatic rings. The van der Waals surface area contributed by atoms with E-state index in [9.17, 15) is 0 Å². The lowest BCUT2D eigenvalue weighted by Crippen LogP contribution is -2.37. The zero-order valence-corrected chi connectivity index (χ0v) is 16.3. The van der Waals surface area contributed by atoms with Crippen LogP contribution in [0.15, 0.2) is 23.5 Å². The molecule has 2 aromatic heterocycles. The molecule has 0 aromatic carbocycles. The van der Waals surface area contributed by atoms with E-state index in [2.05, 4.69) is 49.5 Å². The van der Waals surface area contributed by atoms with Gasteiger partial charge in [0.25, 0.3) is 0 Å². The molecule has 8 nitrogen and oxygen atoms in total. The summed E-state index contributed by atoms with van der Waals surface area (Å²) in [4.78, 5) is 9.70. The first kappa shape index (κ1) is 16.2. The molecule has 2 aliphatic heterocycles. The van der Waals surface area contributed by atoms with Crippen molar-refractivity contribution in [1.82, 2.24) is 25.1 Å². The first-order valence-corrected chi connectivity index (χ1v) is 10.6. The normalized spacial score (nSPS) is 36.4. The molecule has 0 saturated heterocycles. The number of thiazole rings is 1. The van der Waals surface area contributed by atoms with Gasteiger partial charge in [-0.1, -0.05) is 24.7 Å². The van der Waals surface area contributed by atoms with Crippen LogP contribution in [0.4, 0.5) is 5.13 Å². The van der Waals surface area contributed by atoms with Gasteiger partial charge in [-0.2, -0.15) is 5.26 Å². The van der Waals surface area contributed by atoms with E-state index in [1.165, 1.54) is 11.3 Å². The number of nitrogens with one attached hydrogen (secondary N) is 2. The topological polar surface area (TPSA) is 104 Å². The zero-order valence-electron chi connectivity index (χ0n) is 15.5. The summed E-state index contributed by atoms with van der Waals surface area (Å²) in [6.45, 7) is 2.25. The molecule has 2 aromatic rings. The van der Waals surface area contributed by atoms with Gasteiger partial charge in [0.05, 0.1) is 12.4 Å². The smallest absolute Gasteiger partial charge is 0.184 e. The van der Waals surface area contributed by atoms with Gasteiger partial charge in [-0.25, -0.2) is 4.98 Å². The minimum Gasteiger partial charge on any atom is -0.365 e. The highest BCUT2D eigenvalue weighted by Crippen LogP contribution is 2.61. The molecule has 9 heteroatoms. The Morgan fingerprint density at radius 3 is 3.18 bits per heavy atom. The van der Waals surface area contributed by atoms with E-state index in [4.69, 9.17) is 10.3 Å². The fraction of sp³-hybridized carbons (Fsp3) is 0.526. The second-order valence-electron chi connectivity index (χ2n) is 8.18. The SMILES string of the molecule is CC[C@@H]1C[C@H](Nc2ncc(C#N)s2)C[C@@H]1c1nnc2n1C13C=CNC1(C3)N=C2. The van der Waals surface area contributed by atoms with Crippen molar-refractivity contribution in [3.63, 3.8) is 0 Å². The van der Waals surface area contributed by atoms with E-state index in [-0.39, 0.29) is 11.2 Å². The van der Waals surface area contributed by atoms with Crippen molar-refractivity contribution in [3.8, 4) is 6.07 Å². The fourth-order valence-electron chi connectivity index (χ4n) is 5.36. The molecule has 142 valence electrons. The molecular weight excluding hydrogens is 372 g/mol. The molecule has 28 heavy (non-hydrogen) atoms. The Morgan fingerprint density at radius 1 is 1.43 bits per heavy atom. The van der Waals surface area contributed by atoms with Crippen LogP contribution in [0.1, 0.15) is 55.1 Å². The summed E-state index contributed by atoms with van der Waals surface area (Å²) in [6.07, 6.45) is 11.9. The zero-order chi connectivity index (χ0) is 18.9. The molecule has 6 rings (SSSR count). The molecule has 2 fully saturated rings. The van der Waals surface area contributed by atoms with Gasteiger partial charge >= 0.3 is 0 Å². The van der Waals surface area contributed by atoms with Gasteiger partial charge in [0.1, 0.15) is 22.3 Å². The molecule has 4 heterocycles. The summed E-state index contributed by atoms with van der Waals surface area (Å²) < 4.78 is 2.34. The minimum atomic E-state index is -0.219. The van der Waals surface area contributed by atoms with Crippen molar-refractivity contribution in [2.75, 3.05) is 5.32 Å². The Labute approximate surface area is 166 Å². The summed E-state index contributed by atoms with van der Waals surface area (Å²) >= 11 is 1.42. The lowest BCUT2D eigenvalue weighted by Gasteiger charge is -2.26. The van der Waals surface area contributed by atoms with Crippen molar-refractivity contribution in [3.05, 3.63) is 35.0 Å². The quantitative estimate of drug-likeness (QED) is 0.828. The van der Waals surface area contributed by atoms with Crippen LogP contribution in [0.25, 0.3) is 0 Å². The Balaban J connectivity index is 1.31. The number of fused-ring (bicyclic) bond motifs is 1. The largest absolute Gasteiger partial charge is 0.365 e. The van der Waals surface area contributed by atoms with E-state index >= 15 is 0 Å². The maximum Gasteiger partial charge on any atom is 0.184 e. The lowest BCUT2D eigenvalue weighted by molar-refractivity contribution is 0.399. The van der Waals surface area contributed by atoms with Crippen molar-refractivity contribution >= 4 is 22.7 Å². The second kappa shape index (κ2) is 5.41. The number of hydrogen-bond donors (Lipinski definition) is 2. The molecular formula is C19H20N8S. The van der Waals surface area contributed by atoms with Gasteiger partial charge in [-0.05, 0) is 31.0 Å². The predicted molar refractivity (Wildman–Crippen MR) is 105 cm³/mol. The van der Waals surface area contributed by atoms with E-state index in [1.807, 2.05) is 12.4 Å². The highest BCUT2D eigenvalue weighted by Gasteiger charge is 2.73. The van der Waals surface area contributed by atoms with Crippen molar-refractivity contribution in [2.24, 2.45) is 10.9 Å². The van der Waals surface area contributed by atoms with Gasteiger partial charge in [0.2, 0.25) is 0 Å². The summed E-state index contributed by atoms with van der Waals surface area (Å²) in [5, 5.41) is 25.9. The molecule has 5 atom stereocenters. The van der Waals surface area contributed by atoms with Crippen LogP contribution in [0.3, 0.4) is 0 Å². The summed E-state index contributed by atoms with van der Waals surface area (Å²) in [6, 6.07) is 2.49. The van der Waals surface area contributed by atoms with E-state index in [0.29, 0.717) is 22.8 Å². The summed E-state index contributed by atoms with van der Waals surface area (Å²) in [5.74, 6) is 2.85. The van der Waals surface area contributed by atoms with Gasteiger partial charge in [-0.3, -0.25) is 9.56 Å². The maximum absolute atomic E-state index is 9.03. The Morgan fingerprint density at radius 2 is 2.36 bits per heavy atom. The second-order valence-corrected chi connectivity index (χ2v) is 9.21. The van der Waals surface area contributed by atoms with Crippen LogP contribution in [0, 0.1) is 17.2 Å². The first-order valence-electron chi connectivity index (χ1n) is 9.77. The highest BCUT2D eigenvalue weighted by molar-refractivity contribution is 7.16. The van der Waals surface area contributed by atoms with Crippen LogP contribution in [-0.2, 0) is 5.54 Å². The average molecular weight is 392 g/mol. The molecule has 0 bridgehead atoms. The van der Waals surface area contributed by atoms with Crippen LogP contribution in [0.5, 0.6) is 0 Å². The van der Waals surface area contributed by atoms with Gasteiger partial charge in [0.15, 0.2) is 16.6 Å². The molecule has 2 saturated carbocycles. The third-order valence-corrected chi connectivity index (χ3v) is 7.64. The number of anilines is 1. The third kappa shape index (κ3) is 1.98. The Bertz CT molecular complexity index is 1060. The predicted octanol–water partition coefficient (Wildman–Crippen LogP) is 2.34. The molecule has 0 amide bonds. The molecule has 2 unspecified atom stereocenters. The van der Waals surface area contributed by atoms with Crippen molar-refractivity contribution < 1.29 is 0 Å². The Hall–Kier alpha value is -2.73. The average Bonchev–Trinajstić information content (AvgIpc) is 3.26. The lowest BCUT2D eigenvalue weighted by atomic mass is 9.92. The number of rotatable bonds is 4. The number of hydrogen-bond acceptors (Lipinski definition) is 8. The van der Waals surface area contributed by atoms with E-state index in [1.54, 1.807) is 6.20 Å². The fourth-order valence-corrected chi connectivity index (χ4v) is 6.05. The van der Waals surface area contributed by atoms with Gasteiger partial charge in [0, 0.05) is 18.4 Å². The molecule has 2 aliphatic carbocycles. The molecule has 0 spiro atoms. The van der Waals surface area contributed by atoms with Crippen LogP contribution in [-0.4, -0.2) is 37.7 Å². The first-order chi connectivity index (χ1) is 13.7. The number of aromatic nitrogens is 4. The maximum atomic E-state index is 9.03. The monoisotopic (exact) mass is 392 g/mol. The summed E-state index contributed by atoms with van der Waals surface area (Å²) in [7, 11) is 0. The third-order valence-electron chi connectivity index (χ3n) is 6.80. The number of nitrogens with zero attached hydrogens (tertiary/aromatic N) is 6. The van der Waals surface area contributed by atoms with E-state index < -0.39 is 0 Å². The number of nitriles is 1. The highest BCUT2D eigenvalue weighted by atomic mass is 32.1. The number of aliphatic imine (C=N–C) groups is 1. The Kier molecular flexibility index (Phi) is 3.14. The van der Waals surface area contributed by atoms with Gasteiger partial charge in [-0.15, -0.1) is 10.2 Å². The molecule has 2 N–H and O–H groups in total.